The van der Waals surface area contributed by atoms with Crippen molar-refractivity contribution in [1.29, 1.82) is 0 Å². The molecular weight excluding hydrogens is 441 g/mol. The average molecular weight is 464 g/mol. The second-order valence-corrected chi connectivity index (χ2v) is 7.34. The van der Waals surface area contributed by atoms with Crippen molar-refractivity contribution in [2.75, 3.05) is 26.7 Å². The van der Waals surface area contributed by atoms with E-state index in [2.05, 4.69) is 17.2 Å². The van der Waals surface area contributed by atoms with Crippen LogP contribution in [0.4, 0.5) is 0 Å². The van der Waals surface area contributed by atoms with E-state index >= 15 is 0 Å². The number of nitrogens with zero attached hydrogens (tertiary/aromatic N) is 1. The number of methoxy groups -OCH3 is 1. The second-order valence-electron chi connectivity index (χ2n) is 6.49. The smallest absolute Gasteiger partial charge is 0.253 e. The van der Waals surface area contributed by atoms with Gasteiger partial charge in [-0.15, -0.1) is 6.58 Å². The van der Waals surface area contributed by atoms with Crippen molar-refractivity contribution < 1.29 is 19.1 Å². The van der Waals surface area contributed by atoms with Crippen LogP contribution in [-0.2, 0) is 16.1 Å². The van der Waals surface area contributed by atoms with Crippen LogP contribution in [0.5, 0.6) is 5.75 Å². The van der Waals surface area contributed by atoms with Gasteiger partial charge in [0, 0.05) is 18.1 Å². The molecule has 7 nitrogen and oxygen atoms in total. The molecule has 0 bridgehead atoms. The summed E-state index contributed by atoms with van der Waals surface area (Å²) in [6.07, 6.45) is 1.61. The van der Waals surface area contributed by atoms with Crippen LogP contribution in [-0.4, -0.2) is 49.4 Å². The number of nitrogens with one attached hydrogen (secondary N) is 2. The van der Waals surface area contributed by atoms with Gasteiger partial charge in [0.1, 0.15) is 5.75 Å². The third kappa shape index (κ3) is 7.62. The summed E-state index contributed by atoms with van der Waals surface area (Å²) in [7, 11) is 1.58. The van der Waals surface area contributed by atoms with Crippen LogP contribution in [0.3, 0.4) is 0 Å². The summed E-state index contributed by atoms with van der Waals surface area (Å²) in [5.41, 5.74) is 1.11. The van der Waals surface area contributed by atoms with Crippen LogP contribution >= 0.6 is 23.2 Å². The van der Waals surface area contributed by atoms with Gasteiger partial charge in [-0.05, 0) is 35.9 Å². The minimum atomic E-state index is -0.518. The Morgan fingerprint density at radius 2 is 1.77 bits per heavy atom. The van der Waals surface area contributed by atoms with Gasteiger partial charge in [-0.3, -0.25) is 14.4 Å². The summed E-state index contributed by atoms with van der Waals surface area (Å²) >= 11 is 11.8. The zero-order valence-electron chi connectivity index (χ0n) is 17.0. The molecule has 2 aromatic carbocycles. The molecule has 0 aromatic heterocycles. The summed E-state index contributed by atoms with van der Waals surface area (Å²) in [4.78, 5) is 38.3. The predicted molar refractivity (Wildman–Crippen MR) is 120 cm³/mol. The third-order valence-electron chi connectivity index (χ3n) is 4.26. The fourth-order valence-corrected chi connectivity index (χ4v) is 3.13. The number of benzene rings is 2. The number of rotatable bonds is 10. The zero-order chi connectivity index (χ0) is 22.8. The first-order valence-corrected chi connectivity index (χ1v) is 10.1. The maximum Gasteiger partial charge on any atom is 0.253 e. The number of amides is 3. The average Bonchev–Trinajstić information content (AvgIpc) is 2.76. The van der Waals surface area contributed by atoms with Crippen molar-refractivity contribution in [1.82, 2.24) is 15.5 Å². The second kappa shape index (κ2) is 12.0. The SMILES string of the molecule is C=CCN(Cc1ccc(OC)cc1)C(=O)CNC(=O)CNC(=O)c1ccc(Cl)cc1Cl. The first kappa shape index (κ1) is 24.2. The molecular formula is C22H23Cl2N3O4. The Labute approximate surface area is 191 Å². The molecule has 31 heavy (non-hydrogen) atoms. The molecule has 0 spiro atoms. The van der Waals surface area contributed by atoms with Gasteiger partial charge in [0.2, 0.25) is 11.8 Å². The monoisotopic (exact) mass is 463 g/mol. The van der Waals surface area contributed by atoms with Crippen LogP contribution in [0.15, 0.2) is 55.1 Å². The quantitative estimate of drug-likeness (QED) is 0.530. The topological polar surface area (TPSA) is 87.7 Å². The van der Waals surface area contributed by atoms with E-state index in [9.17, 15) is 14.4 Å². The molecule has 0 aliphatic heterocycles. The molecule has 164 valence electrons. The summed E-state index contributed by atoms with van der Waals surface area (Å²) in [6.45, 7) is 3.84. The molecule has 0 aliphatic carbocycles. The van der Waals surface area contributed by atoms with Gasteiger partial charge in [-0.25, -0.2) is 0 Å². The summed E-state index contributed by atoms with van der Waals surface area (Å²) < 4.78 is 5.13. The zero-order valence-corrected chi connectivity index (χ0v) is 18.5. The third-order valence-corrected chi connectivity index (χ3v) is 4.80. The van der Waals surface area contributed by atoms with E-state index in [0.717, 1.165) is 11.3 Å². The number of hydrogen-bond donors (Lipinski definition) is 2. The molecule has 0 aliphatic rings. The molecule has 0 unspecified atom stereocenters. The largest absolute Gasteiger partial charge is 0.497 e. The van der Waals surface area contributed by atoms with Gasteiger partial charge < -0.3 is 20.3 Å². The van der Waals surface area contributed by atoms with Gasteiger partial charge in [0.05, 0.1) is 30.8 Å². The number of hydrogen-bond acceptors (Lipinski definition) is 4. The van der Waals surface area contributed by atoms with Crippen molar-refractivity contribution in [2.45, 2.75) is 6.54 Å². The molecule has 0 atom stereocenters. The molecule has 3 amide bonds. The lowest BCUT2D eigenvalue weighted by Crippen LogP contribution is -2.43. The van der Waals surface area contributed by atoms with Crippen molar-refractivity contribution in [3.05, 3.63) is 76.3 Å². The van der Waals surface area contributed by atoms with E-state index < -0.39 is 11.8 Å². The van der Waals surface area contributed by atoms with E-state index in [1.165, 1.54) is 18.2 Å². The Bertz CT molecular complexity index is 948. The van der Waals surface area contributed by atoms with Crippen LogP contribution in [0.1, 0.15) is 15.9 Å². The first-order valence-electron chi connectivity index (χ1n) is 9.35. The molecule has 2 N–H and O–H groups in total. The Kier molecular flexibility index (Phi) is 9.37. The Hall–Kier alpha value is -3.03. The summed E-state index contributed by atoms with van der Waals surface area (Å²) in [5, 5.41) is 5.54. The van der Waals surface area contributed by atoms with Gasteiger partial charge in [0.25, 0.3) is 5.91 Å². The van der Waals surface area contributed by atoms with Crippen molar-refractivity contribution in [3.63, 3.8) is 0 Å². The molecule has 0 saturated heterocycles. The number of carbonyl (C=O) groups is 3. The number of halogens is 2. The molecule has 0 fully saturated rings. The lowest BCUT2D eigenvalue weighted by molar-refractivity contribution is -0.132. The van der Waals surface area contributed by atoms with Crippen molar-refractivity contribution in [2.24, 2.45) is 0 Å². The van der Waals surface area contributed by atoms with Crippen LogP contribution < -0.4 is 15.4 Å². The highest BCUT2D eigenvalue weighted by Gasteiger charge is 2.16. The normalized spacial score (nSPS) is 10.2. The van der Waals surface area contributed by atoms with Gasteiger partial charge in [0.15, 0.2) is 0 Å². The Morgan fingerprint density at radius 1 is 1.06 bits per heavy atom. The van der Waals surface area contributed by atoms with Gasteiger partial charge >= 0.3 is 0 Å². The standard InChI is InChI=1S/C22H23Cl2N3O4/c1-3-10-27(14-15-4-7-17(31-2)8-5-15)21(29)13-25-20(28)12-26-22(30)18-9-6-16(23)11-19(18)24/h3-9,11H,1,10,12-14H2,2H3,(H,25,28)(H,26,30). The van der Waals surface area contributed by atoms with Crippen LogP contribution in [0.25, 0.3) is 0 Å². The first-order chi connectivity index (χ1) is 14.8. The lowest BCUT2D eigenvalue weighted by Gasteiger charge is -2.21. The number of carbonyl (C=O) groups excluding carboxylic acids is 3. The summed E-state index contributed by atoms with van der Waals surface area (Å²) in [5.74, 6) is -0.582. The van der Waals surface area contributed by atoms with E-state index in [4.69, 9.17) is 27.9 Å². The minimum absolute atomic E-state index is 0.180. The van der Waals surface area contributed by atoms with Gasteiger partial charge in [-0.1, -0.05) is 41.4 Å². The lowest BCUT2D eigenvalue weighted by atomic mass is 10.2. The van der Waals surface area contributed by atoms with E-state index in [1.807, 2.05) is 24.3 Å². The highest BCUT2D eigenvalue weighted by molar-refractivity contribution is 6.36. The van der Waals surface area contributed by atoms with E-state index in [-0.39, 0.29) is 29.6 Å². The van der Waals surface area contributed by atoms with Crippen molar-refractivity contribution in [3.8, 4) is 5.75 Å². The highest BCUT2D eigenvalue weighted by Crippen LogP contribution is 2.20. The predicted octanol–water partition coefficient (Wildman–Crippen LogP) is 3.06. The Balaban J connectivity index is 1.84. The van der Waals surface area contributed by atoms with Crippen LogP contribution in [0.2, 0.25) is 10.0 Å². The van der Waals surface area contributed by atoms with Crippen molar-refractivity contribution >= 4 is 40.9 Å². The van der Waals surface area contributed by atoms with Crippen LogP contribution in [0, 0.1) is 0 Å². The maximum atomic E-state index is 12.5. The molecule has 2 aromatic rings. The Morgan fingerprint density at radius 3 is 2.39 bits per heavy atom. The maximum absolute atomic E-state index is 12.5. The summed E-state index contributed by atoms with van der Waals surface area (Å²) in [6, 6.07) is 11.8. The molecule has 0 saturated carbocycles. The molecule has 2 rings (SSSR count). The highest BCUT2D eigenvalue weighted by atomic mass is 35.5. The van der Waals surface area contributed by atoms with E-state index in [0.29, 0.717) is 18.1 Å². The minimum Gasteiger partial charge on any atom is -0.497 e. The number of ether oxygens (including phenoxy) is 1. The molecule has 9 heteroatoms. The van der Waals surface area contributed by atoms with Gasteiger partial charge in [-0.2, -0.15) is 0 Å². The fourth-order valence-electron chi connectivity index (χ4n) is 2.64. The molecule has 0 heterocycles. The fraction of sp³-hybridized carbons (Fsp3) is 0.227. The van der Waals surface area contributed by atoms with E-state index in [1.54, 1.807) is 18.1 Å². The molecule has 0 radical (unpaired) electrons.